The molecule has 1 unspecified atom stereocenters. The lowest BCUT2D eigenvalue weighted by Crippen LogP contribution is -2.63. The number of hydrogen-bond donors (Lipinski definition) is 2. The van der Waals surface area contributed by atoms with Crippen LogP contribution >= 0.6 is 0 Å². The van der Waals surface area contributed by atoms with Crippen LogP contribution in [0.4, 0.5) is 11.5 Å². The Bertz CT molecular complexity index is 1120. The van der Waals surface area contributed by atoms with Crippen LogP contribution < -0.4 is 20.7 Å². The van der Waals surface area contributed by atoms with Crippen molar-refractivity contribution in [2.45, 2.75) is 12.4 Å². The quantitative estimate of drug-likeness (QED) is 0.667. The Labute approximate surface area is 181 Å². The highest BCUT2D eigenvalue weighted by Crippen LogP contribution is 2.35. The van der Waals surface area contributed by atoms with Crippen LogP contribution in [-0.4, -0.2) is 78.5 Å². The van der Waals surface area contributed by atoms with Crippen LogP contribution in [0.25, 0.3) is 22.2 Å². The zero-order chi connectivity index (χ0) is 20.9. The summed E-state index contributed by atoms with van der Waals surface area (Å²) >= 11 is 0. The molecule has 3 aromatic rings. The minimum atomic E-state index is -0.490. The van der Waals surface area contributed by atoms with Gasteiger partial charge >= 0.3 is 0 Å². The van der Waals surface area contributed by atoms with E-state index in [0.29, 0.717) is 6.04 Å². The van der Waals surface area contributed by atoms with Gasteiger partial charge in [0.15, 0.2) is 0 Å². The molecule has 2 saturated heterocycles. The van der Waals surface area contributed by atoms with Crippen LogP contribution in [0, 0.1) is 0 Å². The fraction of sp³-hybridized carbons (Fsp3) is 0.391. The average molecular weight is 418 g/mol. The third-order valence-corrected chi connectivity index (χ3v) is 6.63. The topological polar surface area (TPSA) is 82.8 Å². The fourth-order valence-corrected chi connectivity index (χ4v) is 4.63. The maximum atomic E-state index is 5.81. The van der Waals surface area contributed by atoms with Crippen molar-refractivity contribution >= 4 is 22.5 Å². The number of fused-ring (bicyclic) bond motifs is 2. The Balaban J connectivity index is 1.21. The normalized spacial score (nSPS) is 22.1. The standard InChI is InChI=1S/C23H27N7O/c1-28-6-8-29(9-7-28)17-13-30(14-17)22-5-3-18-19(26-22)11-16(12-25-18)15-2-4-21-20(10-15)27-23(24)31-21/h2-5,10-12,17,23,27H,6-9,13-14,24H2,1H3. The summed E-state index contributed by atoms with van der Waals surface area (Å²) in [6.45, 7) is 6.75. The lowest BCUT2D eigenvalue weighted by atomic mass is 10.0. The van der Waals surface area contributed by atoms with Gasteiger partial charge < -0.3 is 19.9 Å². The number of likely N-dealkylation sites (N-methyl/N-ethyl adjacent to an activating group) is 1. The van der Waals surface area contributed by atoms with E-state index in [2.05, 4.69) is 50.2 Å². The van der Waals surface area contributed by atoms with E-state index < -0.39 is 6.35 Å². The second kappa shape index (κ2) is 7.33. The maximum Gasteiger partial charge on any atom is 0.225 e. The van der Waals surface area contributed by atoms with Gasteiger partial charge in [0.1, 0.15) is 11.6 Å². The SMILES string of the molecule is CN1CCN(C2CN(c3ccc4ncc(-c5ccc6c(c5)NC(N)O6)cc4n3)C2)CC1. The van der Waals surface area contributed by atoms with E-state index in [4.69, 9.17) is 15.5 Å². The summed E-state index contributed by atoms with van der Waals surface area (Å²) < 4.78 is 5.51. The molecule has 0 amide bonds. The van der Waals surface area contributed by atoms with Crippen LogP contribution in [0.5, 0.6) is 5.75 Å². The monoisotopic (exact) mass is 417 g/mol. The maximum absolute atomic E-state index is 5.81. The number of aromatic nitrogens is 2. The van der Waals surface area contributed by atoms with Crippen molar-refractivity contribution in [3.05, 3.63) is 42.6 Å². The number of nitrogens with two attached hydrogens (primary N) is 1. The van der Waals surface area contributed by atoms with E-state index in [-0.39, 0.29) is 0 Å². The number of nitrogens with one attached hydrogen (secondary N) is 1. The predicted molar refractivity (Wildman–Crippen MR) is 122 cm³/mol. The van der Waals surface area contributed by atoms with Gasteiger partial charge in [0.2, 0.25) is 6.35 Å². The number of piperazine rings is 1. The number of ether oxygens (including phenoxy) is 1. The van der Waals surface area contributed by atoms with E-state index >= 15 is 0 Å². The minimum Gasteiger partial charge on any atom is -0.456 e. The molecule has 160 valence electrons. The summed E-state index contributed by atoms with van der Waals surface area (Å²) in [6.07, 6.45) is 1.41. The lowest BCUT2D eigenvalue weighted by Gasteiger charge is -2.48. The molecule has 1 aromatic carbocycles. The van der Waals surface area contributed by atoms with Gasteiger partial charge in [0.25, 0.3) is 0 Å². The van der Waals surface area contributed by atoms with Crippen LogP contribution in [-0.2, 0) is 0 Å². The van der Waals surface area contributed by atoms with E-state index in [1.807, 2.05) is 24.4 Å². The molecule has 2 aromatic heterocycles. The van der Waals surface area contributed by atoms with Crippen molar-refractivity contribution in [2.24, 2.45) is 5.73 Å². The first-order valence-electron chi connectivity index (χ1n) is 10.9. The largest absolute Gasteiger partial charge is 0.456 e. The van der Waals surface area contributed by atoms with E-state index in [9.17, 15) is 0 Å². The molecule has 31 heavy (non-hydrogen) atoms. The summed E-state index contributed by atoms with van der Waals surface area (Å²) in [4.78, 5) is 17.0. The van der Waals surface area contributed by atoms with Gasteiger partial charge in [-0.25, -0.2) is 4.98 Å². The third-order valence-electron chi connectivity index (χ3n) is 6.63. The first kappa shape index (κ1) is 18.8. The van der Waals surface area contributed by atoms with Gasteiger partial charge in [-0.2, -0.15) is 0 Å². The zero-order valence-corrected chi connectivity index (χ0v) is 17.7. The summed E-state index contributed by atoms with van der Waals surface area (Å²) in [5.41, 5.74) is 10.6. The summed E-state index contributed by atoms with van der Waals surface area (Å²) in [5, 5.41) is 3.12. The van der Waals surface area contributed by atoms with Gasteiger partial charge in [-0.3, -0.25) is 15.6 Å². The van der Waals surface area contributed by atoms with Gasteiger partial charge in [-0.05, 0) is 42.9 Å². The zero-order valence-electron chi connectivity index (χ0n) is 17.7. The molecule has 8 nitrogen and oxygen atoms in total. The van der Waals surface area contributed by atoms with Crippen LogP contribution in [0.3, 0.4) is 0 Å². The molecule has 6 rings (SSSR count). The van der Waals surface area contributed by atoms with Crippen molar-refractivity contribution in [3.63, 3.8) is 0 Å². The van der Waals surface area contributed by atoms with Gasteiger partial charge in [0.05, 0.1) is 16.7 Å². The number of anilines is 2. The molecular weight excluding hydrogens is 390 g/mol. The highest BCUT2D eigenvalue weighted by Gasteiger charge is 2.33. The van der Waals surface area contributed by atoms with Crippen molar-refractivity contribution in [1.29, 1.82) is 0 Å². The number of nitrogens with zero attached hydrogens (tertiary/aromatic N) is 5. The average Bonchev–Trinajstić information content (AvgIpc) is 3.12. The predicted octanol–water partition coefficient (Wildman–Crippen LogP) is 1.78. The second-order valence-electron chi connectivity index (χ2n) is 8.72. The summed E-state index contributed by atoms with van der Waals surface area (Å²) in [6, 6.07) is 12.9. The van der Waals surface area contributed by atoms with Gasteiger partial charge in [-0.15, -0.1) is 0 Å². The molecular formula is C23H27N7O. The van der Waals surface area contributed by atoms with E-state index in [1.54, 1.807) is 0 Å². The fourth-order valence-electron chi connectivity index (χ4n) is 4.63. The molecule has 3 aliphatic rings. The second-order valence-corrected chi connectivity index (χ2v) is 8.72. The number of benzene rings is 1. The van der Waals surface area contributed by atoms with Crippen molar-refractivity contribution < 1.29 is 4.74 Å². The highest BCUT2D eigenvalue weighted by atomic mass is 16.5. The Morgan fingerprint density at radius 1 is 1.00 bits per heavy atom. The van der Waals surface area contributed by atoms with Gasteiger partial charge in [0, 0.05) is 57.1 Å². The molecule has 3 aliphatic heterocycles. The van der Waals surface area contributed by atoms with Crippen molar-refractivity contribution in [2.75, 3.05) is 56.5 Å². The number of rotatable bonds is 3. The molecule has 3 N–H and O–H groups in total. The van der Waals surface area contributed by atoms with Crippen molar-refractivity contribution in [3.8, 4) is 16.9 Å². The summed E-state index contributed by atoms with van der Waals surface area (Å²) in [7, 11) is 2.20. The Morgan fingerprint density at radius 3 is 2.68 bits per heavy atom. The molecule has 0 bridgehead atoms. The lowest BCUT2D eigenvalue weighted by molar-refractivity contribution is 0.0961. The van der Waals surface area contributed by atoms with Crippen molar-refractivity contribution in [1.82, 2.24) is 19.8 Å². The van der Waals surface area contributed by atoms with E-state index in [1.165, 1.54) is 13.1 Å². The van der Waals surface area contributed by atoms with Gasteiger partial charge in [-0.1, -0.05) is 6.07 Å². The first-order chi connectivity index (χ1) is 15.1. The van der Waals surface area contributed by atoms with Crippen LogP contribution in [0.15, 0.2) is 42.6 Å². The third kappa shape index (κ3) is 3.46. The molecule has 0 spiro atoms. The molecule has 0 aliphatic carbocycles. The molecule has 0 saturated carbocycles. The number of hydrogen-bond acceptors (Lipinski definition) is 8. The number of pyridine rings is 2. The first-order valence-corrected chi connectivity index (χ1v) is 10.9. The Kier molecular flexibility index (Phi) is 4.45. The molecule has 0 radical (unpaired) electrons. The molecule has 1 atom stereocenters. The highest BCUT2D eigenvalue weighted by molar-refractivity contribution is 5.83. The molecule has 8 heteroatoms. The molecule has 2 fully saturated rings. The van der Waals surface area contributed by atoms with Crippen LogP contribution in [0.1, 0.15) is 0 Å². The Morgan fingerprint density at radius 2 is 1.84 bits per heavy atom. The van der Waals surface area contributed by atoms with E-state index in [0.717, 1.165) is 65.6 Å². The molecule has 5 heterocycles. The van der Waals surface area contributed by atoms with Crippen LogP contribution in [0.2, 0.25) is 0 Å². The Hall–Kier alpha value is -2.94. The smallest absolute Gasteiger partial charge is 0.225 e. The minimum absolute atomic E-state index is 0.490. The summed E-state index contributed by atoms with van der Waals surface area (Å²) in [5.74, 6) is 1.81.